The molecule has 0 aliphatic rings. The van der Waals surface area contributed by atoms with Gasteiger partial charge in [-0.15, -0.1) is 0 Å². The molecule has 0 fully saturated rings. The van der Waals surface area contributed by atoms with Gasteiger partial charge in [-0.3, -0.25) is 19.4 Å². The summed E-state index contributed by atoms with van der Waals surface area (Å²) in [6, 6.07) is 9.86. The Balaban J connectivity index is 1.86. The van der Waals surface area contributed by atoms with E-state index < -0.39 is 11.7 Å². The molecule has 2 heterocycles. The fraction of sp³-hybridized carbons (Fsp3) is 0.105. The molecule has 0 amide bonds. The van der Waals surface area contributed by atoms with Crippen LogP contribution in [0.15, 0.2) is 64.1 Å². The van der Waals surface area contributed by atoms with Crippen molar-refractivity contribution in [2.45, 2.75) is 6.18 Å². The maximum atomic E-state index is 12.8. The monoisotopic (exact) mass is 448 g/mol. The summed E-state index contributed by atoms with van der Waals surface area (Å²) >= 11 is 3.33. The zero-order valence-corrected chi connectivity index (χ0v) is 16.0. The van der Waals surface area contributed by atoms with Crippen molar-refractivity contribution in [3.05, 3.63) is 75.2 Å². The maximum Gasteiger partial charge on any atom is 0.416 e. The maximum absolute atomic E-state index is 12.8. The number of aromatic nitrogens is 4. The molecule has 2 aromatic carbocycles. The van der Waals surface area contributed by atoms with E-state index in [9.17, 15) is 18.0 Å². The first-order valence-electron chi connectivity index (χ1n) is 8.13. The Morgan fingerprint density at radius 1 is 0.964 bits per heavy atom. The average Bonchev–Trinajstić information content (AvgIpc) is 2.89. The van der Waals surface area contributed by atoms with Crippen LogP contribution in [0.3, 0.4) is 0 Å². The zero-order valence-electron chi connectivity index (χ0n) is 14.4. The van der Waals surface area contributed by atoms with E-state index in [-0.39, 0.29) is 5.56 Å². The minimum atomic E-state index is -4.43. The van der Waals surface area contributed by atoms with Crippen LogP contribution in [0, 0.1) is 0 Å². The molecule has 0 unspecified atom stereocenters. The Morgan fingerprint density at radius 2 is 1.61 bits per heavy atom. The molecule has 0 saturated carbocycles. The van der Waals surface area contributed by atoms with Crippen LogP contribution in [-0.4, -0.2) is 19.3 Å². The van der Waals surface area contributed by atoms with Crippen LogP contribution in [-0.2, 0) is 13.2 Å². The fourth-order valence-corrected chi connectivity index (χ4v) is 3.73. The molecule has 5 nitrogen and oxygen atoms in total. The number of rotatable bonds is 2. The van der Waals surface area contributed by atoms with Crippen molar-refractivity contribution in [3.8, 4) is 16.9 Å². The van der Waals surface area contributed by atoms with E-state index in [4.69, 9.17) is 0 Å². The average molecular weight is 449 g/mol. The first kappa shape index (κ1) is 18.4. The fourth-order valence-electron chi connectivity index (χ4n) is 3.08. The molecule has 2 aromatic heterocycles. The molecule has 4 aromatic rings. The number of alkyl halides is 3. The number of benzene rings is 2. The van der Waals surface area contributed by atoms with Crippen molar-refractivity contribution < 1.29 is 13.2 Å². The third-order valence-corrected chi connectivity index (χ3v) is 5.11. The summed E-state index contributed by atoms with van der Waals surface area (Å²) in [5.41, 5.74) is 1.87. The van der Waals surface area contributed by atoms with Gasteiger partial charge < -0.3 is 0 Å². The van der Waals surface area contributed by atoms with Crippen LogP contribution >= 0.6 is 15.9 Å². The molecule has 0 saturated heterocycles. The number of halogens is 4. The molecule has 0 aliphatic heterocycles. The van der Waals surface area contributed by atoms with Crippen LogP contribution in [0.1, 0.15) is 5.56 Å². The van der Waals surface area contributed by atoms with Gasteiger partial charge in [0.25, 0.3) is 5.56 Å². The van der Waals surface area contributed by atoms with Gasteiger partial charge in [0.1, 0.15) is 4.47 Å². The van der Waals surface area contributed by atoms with Crippen molar-refractivity contribution >= 4 is 27.0 Å². The summed E-state index contributed by atoms with van der Waals surface area (Å²) in [5, 5.41) is 0. The van der Waals surface area contributed by atoms with Crippen LogP contribution in [0.25, 0.3) is 28.0 Å². The second-order valence-corrected chi connectivity index (χ2v) is 6.90. The summed E-state index contributed by atoms with van der Waals surface area (Å²) in [4.78, 5) is 21.3. The summed E-state index contributed by atoms with van der Waals surface area (Å²) < 4.78 is 41.6. The standard InChI is InChI=1S/C19H12BrF3N4O/c1-26-17(11-2-7-14-15(10-11)25-9-8-24-14)16(20)18(28)27(26)13-5-3-12(4-6-13)19(21,22)23/h2-10H,1H3. The predicted octanol–water partition coefficient (Wildman–Crippen LogP) is 4.57. The van der Waals surface area contributed by atoms with E-state index in [0.717, 1.165) is 23.2 Å². The van der Waals surface area contributed by atoms with Gasteiger partial charge in [0.05, 0.1) is 28.0 Å². The van der Waals surface area contributed by atoms with Crippen LogP contribution < -0.4 is 5.56 Å². The van der Waals surface area contributed by atoms with Crippen molar-refractivity contribution in [3.63, 3.8) is 0 Å². The lowest BCUT2D eigenvalue weighted by Gasteiger charge is -2.12. The van der Waals surface area contributed by atoms with Crippen LogP contribution in [0.4, 0.5) is 13.2 Å². The molecule has 142 valence electrons. The van der Waals surface area contributed by atoms with E-state index in [2.05, 4.69) is 25.9 Å². The minimum Gasteiger partial charge on any atom is -0.279 e. The molecule has 9 heteroatoms. The molecule has 0 bridgehead atoms. The molecular formula is C19H12BrF3N4O. The van der Waals surface area contributed by atoms with Gasteiger partial charge in [0.15, 0.2) is 0 Å². The predicted molar refractivity (Wildman–Crippen MR) is 102 cm³/mol. The second-order valence-electron chi connectivity index (χ2n) is 6.11. The Kier molecular flexibility index (Phi) is 4.34. The van der Waals surface area contributed by atoms with Crippen LogP contribution in [0.5, 0.6) is 0 Å². The summed E-state index contributed by atoms with van der Waals surface area (Å²) in [7, 11) is 1.67. The van der Waals surface area contributed by atoms with Crippen LogP contribution in [0.2, 0.25) is 0 Å². The van der Waals surface area contributed by atoms with Gasteiger partial charge in [-0.2, -0.15) is 13.2 Å². The summed E-state index contributed by atoms with van der Waals surface area (Å²) in [5.74, 6) is 0. The van der Waals surface area contributed by atoms with Crippen molar-refractivity contribution in [1.82, 2.24) is 19.3 Å². The minimum absolute atomic E-state index is 0.304. The zero-order chi connectivity index (χ0) is 20.1. The highest BCUT2D eigenvalue weighted by molar-refractivity contribution is 9.10. The first-order chi connectivity index (χ1) is 13.3. The third-order valence-electron chi connectivity index (χ3n) is 4.39. The summed E-state index contributed by atoms with van der Waals surface area (Å²) in [6.07, 6.45) is -1.27. The second kappa shape index (κ2) is 6.59. The molecule has 4 rings (SSSR count). The highest BCUT2D eigenvalue weighted by atomic mass is 79.9. The molecule has 0 spiro atoms. The van der Waals surface area contributed by atoms with E-state index in [1.54, 1.807) is 36.3 Å². The Labute approximate surface area is 165 Å². The van der Waals surface area contributed by atoms with Gasteiger partial charge in [0, 0.05) is 25.0 Å². The Morgan fingerprint density at radius 3 is 2.25 bits per heavy atom. The van der Waals surface area contributed by atoms with Gasteiger partial charge in [-0.25, -0.2) is 4.68 Å². The lowest BCUT2D eigenvalue weighted by molar-refractivity contribution is -0.137. The lowest BCUT2D eigenvalue weighted by atomic mass is 10.1. The molecule has 0 aliphatic carbocycles. The Bertz CT molecular complexity index is 1240. The lowest BCUT2D eigenvalue weighted by Crippen LogP contribution is -2.20. The quantitative estimate of drug-likeness (QED) is 0.451. The number of fused-ring (bicyclic) bond motifs is 1. The van der Waals surface area contributed by atoms with E-state index in [1.165, 1.54) is 16.8 Å². The third kappa shape index (κ3) is 3.01. The van der Waals surface area contributed by atoms with Crippen molar-refractivity contribution in [2.24, 2.45) is 7.05 Å². The van der Waals surface area contributed by atoms with E-state index >= 15 is 0 Å². The highest BCUT2D eigenvalue weighted by Crippen LogP contribution is 2.31. The highest BCUT2D eigenvalue weighted by Gasteiger charge is 2.30. The van der Waals surface area contributed by atoms with E-state index in [1.807, 2.05) is 6.07 Å². The first-order valence-corrected chi connectivity index (χ1v) is 8.93. The topological polar surface area (TPSA) is 52.7 Å². The SMILES string of the molecule is Cn1c(-c2ccc3nccnc3c2)c(Br)c(=O)n1-c1ccc(C(F)(F)F)cc1. The molecule has 0 N–H and O–H groups in total. The number of nitrogens with zero attached hydrogens (tertiary/aromatic N) is 4. The molecule has 0 atom stereocenters. The van der Waals surface area contributed by atoms with Crippen molar-refractivity contribution in [2.75, 3.05) is 0 Å². The molecular weight excluding hydrogens is 437 g/mol. The van der Waals surface area contributed by atoms with E-state index in [0.29, 0.717) is 21.4 Å². The number of hydrogen-bond acceptors (Lipinski definition) is 3. The summed E-state index contributed by atoms with van der Waals surface area (Å²) in [6.45, 7) is 0. The molecule has 0 radical (unpaired) electrons. The van der Waals surface area contributed by atoms with Crippen molar-refractivity contribution in [1.29, 1.82) is 0 Å². The van der Waals surface area contributed by atoms with Gasteiger partial charge in [0.2, 0.25) is 0 Å². The number of hydrogen-bond donors (Lipinski definition) is 0. The van der Waals surface area contributed by atoms with Gasteiger partial charge >= 0.3 is 6.18 Å². The van der Waals surface area contributed by atoms with Gasteiger partial charge in [-0.1, -0.05) is 6.07 Å². The normalized spacial score (nSPS) is 11.9. The largest absolute Gasteiger partial charge is 0.416 e. The molecule has 28 heavy (non-hydrogen) atoms. The Hall–Kier alpha value is -2.94. The smallest absolute Gasteiger partial charge is 0.279 e. The van der Waals surface area contributed by atoms with Gasteiger partial charge in [-0.05, 0) is 52.3 Å².